The van der Waals surface area contributed by atoms with Crippen LogP contribution in [0.4, 0.5) is 0 Å². The predicted octanol–water partition coefficient (Wildman–Crippen LogP) is 1.51. The summed E-state index contributed by atoms with van der Waals surface area (Å²) in [6, 6.07) is 5.57. The van der Waals surface area contributed by atoms with E-state index in [1.807, 2.05) is 6.07 Å². The van der Waals surface area contributed by atoms with Crippen molar-refractivity contribution >= 4 is 0 Å². The van der Waals surface area contributed by atoms with Gasteiger partial charge >= 0.3 is 0 Å². The highest BCUT2D eigenvalue weighted by Crippen LogP contribution is 2.19. The maximum atomic E-state index is 8.83. The molecule has 1 fully saturated rings. The first-order chi connectivity index (χ1) is 7.40. The molecule has 1 saturated heterocycles. The number of hydrogen-bond acceptors (Lipinski definition) is 4. The van der Waals surface area contributed by atoms with Crippen LogP contribution in [-0.4, -0.2) is 24.3 Å². The molecule has 1 aromatic rings. The van der Waals surface area contributed by atoms with Crippen LogP contribution in [0.1, 0.15) is 18.5 Å². The van der Waals surface area contributed by atoms with E-state index in [1.165, 1.54) is 0 Å². The molecule has 0 atom stereocenters. The van der Waals surface area contributed by atoms with Crippen molar-refractivity contribution in [3.05, 3.63) is 24.0 Å². The normalized spacial score (nSPS) is 17.0. The fourth-order valence-corrected chi connectivity index (χ4v) is 1.54. The molecule has 0 saturated carbocycles. The van der Waals surface area contributed by atoms with Crippen LogP contribution in [0, 0.1) is 11.3 Å². The van der Waals surface area contributed by atoms with Crippen LogP contribution in [0.3, 0.4) is 0 Å². The summed E-state index contributed by atoms with van der Waals surface area (Å²) >= 11 is 0. The molecule has 0 spiro atoms. The van der Waals surface area contributed by atoms with E-state index in [0.717, 1.165) is 26.1 Å². The molecule has 0 bridgehead atoms. The van der Waals surface area contributed by atoms with Crippen LogP contribution in [0.25, 0.3) is 0 Å². The monoisotopic (exact) mass is 204 g/mol. The van der Waals surface area contributed by atoms with E-state index < -0.39 is 0 Å². The van der Waals surface area contributed by atoms with Gasteiger partial charge in [0.25, 0.3) is 0 Å². The van der Waals surface area contributed by atoms with E-state index in [9.17, 15) is 0 Å². The Morgan fingerprint density at radius 2 is 2.27 bits per heavy atom. The third-order valence-electron chi connectivity index (χ3n) is 2.34. The molecule has 1 aromatic heterocycles. The van der Waals surface area contributed by atoms with Gasteiger partial charge in [0.2, 0.25) is 0 Å². The highest BCUT2D eigenvalue weighted by atomic mass is 16.5. The molecular formula is C11H12N2O2. The molecule has 0 unspecified atom stereocenters. The molecule has 0 aliphatic carbocycles. The summed E-state index contributed by atoms with van der Waals surface area (Å²) in [5.41, 5.74) is 0.351. The molecule has 4 heteroatoms. The zero-order valence-corrected chi connectivity index (χ0v) is 8.35. The van der Waals surface area contributed by atoms with Gasteiger partial charge in [0.15, 0.2) is 11.4 Å². The van der Waals surface area contributed by atoms with Crippen molar-refractivity contribution < 1.29 is 9.47 Å². The topological polar surface area (TPSA) is 55.1 Å². The van der Waals surface area contributed by atoms with Crippen LogP contribution in [0.2, 0.25) is 0 Å². The lowest BCUT2D eigenvalue weighted by atomic mass is 10.1. The minimum Gasteiger partial charge on any atom is -0.487 e. The SMILES string of the molecule is N#Cc1ncccc1OC1CCOCC1. The second kappa shape index (κ2) is 4.76. The number of nitrogens with zero attached hydrogens (tertiary/aromatic N) is 2. The van der Waals surface area contributed by atoms with Crippen molar-refractivity contribution in [3.8, 4) is 11.8 Å². The first-order valence-corrected chi connectivity index (χ1v) is 4.99. The van der Waals surface area contributed by atoms with E-state index in [1.54, 1.807) is 18.3 Å². The zero-order valence-electron chi connectivity index (χ0n) is 8.35. The van der Waals surface area contributed by atoms with E-state index in [0.29, 0.717) is 11.4 Å². The van der Waals surface area contributed by atoms with E-state index in [-0.39, 0.29) is 6.10 Å². The van der Waals surface area contributed by atoms with E-state index >= 15 is 0 Å². The molecule has 78 valence electrons. The quantitative estimate of drug-likeness (QED) is 0.732. The van der Waals surface area contributed by atoms with Gasteiger partial charge in [-0.2, -0.15) is 5.26 Å². The Hall–Kier alpha value is -1.60. The summed E-state index contributed by atoms with van der Waals surface area (Å²) in [6.07, 6.45) is 3.49. The molecular weight excluding hydrogens is 192 g/mol. The van der Waals surface area contributed by atoms with Crippen molar-refractivity contribution in [1.29, 1.82) is 5.26 Å². The van der Waals surface area contributed by atoms with Crippen molar-refractivity contribution in [1.82, 2.24) is 4.98 Å². The van der Waals surface area contributed by atoms with Crippen molar-refractivity contribution in [3.63, 3.8) is 0 Å². The third kappa shape index (κ3) is 2.45. The van der Waals surface area contributed by atoms with Crippen molar-refractivity contribution in [2.24, 2.45) is 0 Å². The molecule has 0 N–H and O–H groups in total. The summed E-state index contributed by atoms with van der Waals surface area (Å²) < 4.78 is 10.9. The Kier molecular flexibility index (Phi) is 3.15. The van der Waals surface area contributed by atoms with Gasteiger partial charge in [-0.05, 0) is 12.1 Å². The first kappa shape index (κ1) is 9.94. The van der Waals surface area contributed by atoms with Crippen LogP contribution >= 0.6 is 0 Å². The minimum atomic E-state index is 0.148. The highest BCUT2D eigenvalue weighted by molar-refractivity contribution is 5.36. The zero-order chi connectivity index (χ0) is 10.5. The van der Waals surface area contributed by atoms with Crippen molar-refractivity contribution in [2.75, 3.05) is 13.2 Å². The molecule has 0 aromatic carbocycles. The number of nitriles is 1. The maximum Gasteiger partial charge on any atom is 0.182 e. The van der Waals surface area contributed by atoms with Crippen molar-refractivity contribution in [2.45, 2.75) is 18.9 Å². The number of aromatic nitrogens is 1. The molecule has 2 heterocycles. The molecule has 4 nitrogen and oxygen atoms in total. The molecule has 1 aliphatic heterocycles. The Morgan fingerprint density at radius 3 is 3.00 bits per heavy atom. The first-order valence-electron chi connectivity index (χ1n) is 4.99. The lowest BCUT2D eigenvalue weighted by Gasteiger charge is -2.23. The minimum absolute atomic E-state index is 0.148. The van der Waals surface area contributed by atoms with Crippen LogP contribution in [0.15, 0.2) is 18.3 Å². The smallest absolute Gasteiger partial charge is 0.182 e. The molecule has 1 aliphatic rings. The summed E-state index contributed by atoms with van der Waals surface area (Å²) in [5.74, 6) is 0.576. The van der Waals surface area contributed by atoms with E-state index in [4.69, 9.17) is 14.7 Å². The summed E-state index contributed by atoms with van der Waals surface area (Å²) in [4.78, 5) is 3.95. The van der Waals surface area contributed by atoms with Gasteiger partial charge in [-0.3, -0.25) is 0 Å². The second-order valence-corrected chi connectivity index (χ2v) is 3.39. The van der Waals surface area contributed by atoms with E-state index in [2.05, 4.69) is 4.98 Å². The molecule has 0 amide bonds. The Morgan fingerprint density at radius 1 is 1.47 bits per heavy atom. The fourth-order valence-electron chi connectivity index (χ4n) is 1.54. The van der Waals surface area contributed by atoms with Gasteiger partial charge in [-0.15, -0.1) is 0 Å². The number of pyridine rings is 1. The molecule has 0 radical (unpaired) electrons. The standard InChI is InChI=1S/C11H12N2O2/c12-8-10-11(2-1-5-13-10)15-9-3-6-14-7-4-9/h1-2,5,9H,3-4,6-7H2. The highest BCUT2D eigenvalue weighted by Gasteiger charge is 2.16. The third-order valence-corrected chi connectivity index (χ3v) is 2.34. The average molecular weight is 204 g/mol. The number of hydrogen-bond donors (Lipinski definition) is 0. The fraction of sp³-hybridized carbons (Fsp3) is 0.455. The summed E-state index contributed by atoms with van der Waals surface area (Å²) in [6.45, 7) is 1.46. The Bertz CT molecular complexity index is 367. The van der Waals surface area contributed by atoms with Gasteiger partial charge in [0, 0.05) is 19.0 Å². The van der Waals surface area contributed by atoms with Crippen LogP contribution in [0.5, 0.6) is 5.75 Å². The predicted molar refractivity (Wildman–Crippen MR) is 53.4 cm³/mol. The maximum absolute atomic E-state index is 8.83. The lowest BCUT2D eigenvalue weighted by molar-refractivity contribution is 0.0253. The van der Waals surface area contributed by atoms with Gasteiger partial charge in [-0.25, -0.2) is 4.98 Å². The Balaban J connectivity index is 2.06. The molecule has 2 rings (SSSR count). The Labute approximate surface area is 88.5 Å². The van der Waals surface area contributed by atoms with Gasteiger partial charge in [0.1, 0.15) is 12.2 Å². The lowest BCUT2D eigenvalue weighted by Crippen LogP contribution is -2.26. The molecule has 15 heavy (non-hydrogen) atoms. The largest absolute Gasteiger partial charge is 0.487 e. The second-order valence-electron chi connectivity index (χ2n) is 3.39. The number of rotatable bonds is 2. The van der Waals surface area contributed by atoms with Gasteiger partial charge in [0.05, 0.1) is 13.2 Å². The van der Waals surface area contributed by atoms with Gasteiger partial charge in [-0.1, -0.05) is 0 Å². The summed E-state index contributed by atoms with van der Waals surface area (Å²) in [5, 5.41) is 8.83. The summed E-state index contributed by atoms with van der Waals surface area (Å²) in [7, 11) is 0. The van der Waals surface area contributed by atoms with Crippen LogP contribution in [-0.2, 0) is 4.74 Å². The number of ether oxygens (including phenoxy) is 2. The average Bonchev–Trinajstić information content (AvgIpc) is 2.31. The van der Waals surface area contributed by atoms with Crippen LogP contribution < -0.4 is 4.74 Å². The van der Waals surface area contributed by atoms with Gasteiger partial charge < -0.3 is 9.47 Å².